The lowest BCUT2D eigenvalue weighted by atomic mass is 10.0. The van der Waals surface area contributed by atoms with Crippen molar-refractivity contribution >= 4 is 45.2 Å². The van der Waals surface area contributed by atoms with Crippen LogP contribution in [0.15, 0.2) is 83.3 Å². The Labute approximate surface area is 200 Å². The molecule has 5 rings (SSSR count). The number of fused-ring (bicyclic) bond motifs is 1. The number of amides is 2. The van der Waals surface area contributed by atoms with Crippen molar-refractivity contribution in [1.82, 2.24) is 4.90 Å². The lowest BCUT2D eigenvalue weighted by Gasteiger charge is -2.34. The first-order valence-corrected chi connectivity index (χ1v) is 12.5. The van der Waals surface area contributed by atoms with Gasteiger partial charge in [0.2, 0.25) is 11.8 Å². The molecule has 2 fully saturated rings. The summed E-state index contributed by atoms with van der Waals surface area (Å²) in [5.41, 5.74) is 4.13. The van der Waals surface area contributed by atoms with Crippen molar-refractivity contribution in [2.75, 3.05) is 11.1 Å². The van der Waals surface area contributed by atoms with Gasteiger partial charge in [-0.3, -0.25) is 9.59 Å². The van der Waals surface area contributed by atoms with Crippen molar-refractivity contribution in [1.29, 1.82) is 0 Å². The molecule has 0 spiro atoms. The Morgan fingerprint density at radius 1 is 1.03 bits per heavy atom. The van der Waals surface area contributed by atoms with Crippen LogP contribution in [0.2, 0.25) is 0 Å². The zero-order chi connectivity index (χ0) is 22.1. The fourth-order valence-corrected chi connectivity index (χ4v) is 6.59. The van der Waals surface area contributed by atoms with Crippen LogP contribution in [0.4, 0.5) is 5.69 Å². The average Bonchev–Trinajstić information content (AvgIpc) is 3.35. The summed E-state index contributed by atoms with van der Waals surface area (Å²) >= 11 is 5.19. The average molecular weight is 507 g/mol. The first-order valence-electron chi connectivity index (χ1n) is 10.7. The quantitative estimate of drug-likeness (QED) is 0.492. The molecule has 2 saturated heterocycles. The molecule has 2 atom stereocenters. The molecule has 0 saturated carbocycles. The molecule has 3 aromatic carbocycles. The summed E-state index contributed by atoms with van der Waals surface area (Å²) in [5.74, 6) is 0.525. The molecular formula is C26H23BrN2O2S. The van der Waals surface area contributed by atoms with Crippen LogP contribution in [-0.2, 0) is 20.9 Å². The minimum atomic E-state index is -0.483. The Balaban J connectivity index is 1.39. The first kappa shape index (κ1) is 21.3. The van der Waals surface area contributed by atoms with Gasteiger partial charge in [-0.15, -0.1) is 11.8 Å². The van der Waals surface area contributed by atoms with Crippen molar-refractivity contribution in [2.24, 2.45) is 0 Å². The lowest BCUT2D eigenvalue weighted by molar-refractivity contribution is -0.136. The fourth-order valence-electron chi connectivity index (χ4n) is 4.68. The Bertz CT molecular complexity index is 1150. The Morgan fingerprint density at radius 3 is 2.53 bits per heavy atom. The van der Waals surface area contributed by atoms with Crippen LogP contribution in [0.1, 0.15) is 29.5 Å². The molecule has 2 heterocycles. The standard InChI is InChI=1S/C26H23BrN2O2S/c27-21-12-10-20(11-13-21)26-15-14-24(30)29(26)23(17-32-26)25(31)28-22-9-5-4-8-19(22)16-18-6-2-1-3-7-18/h1-13,23H,14-17H2,(H,28,31)/t23-,26+/m0/s1. The molecular weight excluding hydrogens is 484 g/mol. The molecule has 0 aromatic heterocycles. The number of halogens is 1. The molecule has 2 aliphatic heterocycles. The summed E-state index contributed by atoms with van der Waals surface area (Å²) in [7, 11) is 0. The normalized spacial score (nSPS) is 22.1. The van der Waals surface area contributed by atoms with Gasteiger partial charge in [0.15, 0.2) is 0 Å². The van der Waals surface area contributed by atoms with Crippen molar-refractivity contribution in [2.45, 2.75) is 30.2 Å². The molecule has 0 bridgehead atoms. The second-order valence-corrected chi connectivity index (χ2v) is 10.4. The van der Waals surface area contributed by atoms with E-state index in [0.717, 1.165) is 34.1 Å². The Kier molecular flexibility index (Phi) is 5.82. The third-order valence-electron chi connectivity index (χ3n) is 6.24. The smallest absolute Gasteiger partial charge is 0.248 e. The van der Waals surface area contributed by atoms with Gasteiger partial charge in [0, 0.05) is 22.3 Å². The molecule has 162 valence electrons. The SMILES string of the molecule is O=C(Nc1ccccc1Cc1ccccc1)[C@@H]1CS[C@@]2(c3ccc(Br)cc3)CCC(=O)N12. The van der Waals surface area contributed by atoms with E-state index in [1.54, 1.807) is 11.8 Å². The van der Waals surface area contributed by atoms with Gasteiger partial charge in [0.25, 0.3) is 0 Å². The number of benzene rings is 3. The lowest BCUT2D eigenvalue weighted by Crippen LogP contribution is -2.48. The van der Waals surface area contributed by atoms with Gasteiger partial charge < -0.3 is 10.2 Å². The second-order valence-electron chi connectivity index (χ2n) is 8.19. The van der Waals surface area contributed by atoms with Gasteiger partial charge in [-0.25, -0.2) is 0 Å². The topological polar surface area (TPSA) is 49.4 Å². The number of para-hydroxylation sites is 1. The minimum Gasteiger partial charge on any atom is -0.324 e. The third kappa shape index (κ3) is 3.86. The molecule has 32 heavy (non-hydrogen) atoms. The van der Waals surface area contributed by atoms with Gasteiger partial charge in [-0.05, 0) is 47.7 Å². The summed E-state index contributed by atoms with van der Waals surface area (Å²) in [6, 6.07) is 25.7. The number of hydrogen-bond acceptors (Lipinski definition) is 3. The maximum Gasteiger partial charge on any atom is 0.248 e. The molecule has 0 unspecified atom stereocenters. The minimum absolute atomic E-state index is 0.0515. The van der Waals surface area contributed by atoms with Gasteiger partial charge in [0.05, 0.1) is 0 Å². The number of carbonyl (C=O) groups excluding carboxylic acids is 2. The van der Waals surface area contributed by atoms with Crippen molar-refractivity contribution in [3.8, 4) is 0 Å². The van der Waals surface area contributed by atoms with Gasteiger partial charge in [-0.1, -0.05) is 76.6 Å². The van der Waals surface area contributed by atoms with Crippen molar-refractivity contribution < 1.29 is 9.59 Å². The Hall–Kier alpha value is -2.57. The molecule has 1 N–H and O–H groups in total. The van der Waals surface area contributed by atoms with Crippen molar-refractivity contribution in [3.63, 3.8) is 0 Å². The predicted octanol–water partition coefficient (Wildman–Crippen LogP) is 5.57. The van der Waals surface area contributed by atoms with E-state index in [9.17, 15) is 9.59 Å². The maximum atomic E-state index is 13.4. The summed E-state index contributed by atoms with van der Waals surface area (Å²) in [4.78, 5) is 27.7. The van der Waals surface area contributed by atoms with Crippen LogP contribution in [0.5, 0.6) is 0 Å². The monoisotopic (exact) mass is 506 g/mol. The highest BCUT2D eigenvalue weighted by Gasteiger charge is 2.56. The van der Waals surface area contributed by atoms with Gasteiger partial charge >= 0.3 is 0 Å². The number of rotatable bonds is 5. The second kappa shape index (κ2) is 8.75. The highest BCUT2D eigenvalue weighted by atomic mass is 79.9. The van der Waals surface area contributed by atoms with E-state index >= 15 is 0 Å². The van der Waals surface area contributed by atoms with Crippen molar-refractivity contribution in [3.05, 3.63) is 100 Å². The maximum absolute atomic E-state index is 13.4. The van der Waals surface area contributed by atoms with Gasteiger partial charge in [-0.2, -0.15) is 0 Å². The number of nitrogens with zero attached hydrogens (tertiary/aromatic N) is 1. The van der Waals surface area contributed by atoms with E-state index in [1.165, 1.54) is 5.56 Å². The number of nitrogens with one attached hydrogen (secondary N) is 1. The summed E-state index contributed by atoms with van der Waals surface area (Å²) in [6.45, 7) is 0. The zero-order valence-electron chi connectivity index (χ0n) is 17.5. The zero-order valence-corrected chi connectivity index (χ0v) is 19.9. The fraction of sp³-hybridized carbons (Fsp3) is 0.231. The number of carbonyl (C=O) groups is 2. The van der Waals surface area contributed by atoms with E-state index in [-0.39, 0.29) is 11.8 Å². The van der Waals surface area contributed by atoms with Crippen LogP contribution < -0.4 is 5.32 Å². The molecule has 6 heteroatoms. The molecule has 3 aromatic rings. The van der Waals surface area contributed by atoms with Crippen LogP contribution >= 0.6 is 27.7 Å². The van der Waals surface area contributed by atoms with Gasteiger partial charge in [0.1, 0.15) is 10.9 Å². The van der Waals surface area contributed by atoms with Crippen LogP contribution in [-0.4, -0.2) is 28.5 Å². The van der Waals surface area contributed by atoms with Crippen LogP contribution in [0, 0.1) is 0 Å². The predicted molar refractivity (Wildman–Crippen MR) is 132 cm³/mol. The third-order valence-corrected chi connectivity index (χ3v) is 8.36. The molecule has 2 aliphatic rings. The molecule has 0 aliphatic carbocycles. The summed E-state index contributed by atoms with van der Waals surface area (Å²) in [5, 5.41) is 3.13. The highest BCUT2D eigenvalue weighted by molar-refractivity contribution is 9.10. The van der Waals surface area contributed by atoms with E-state index in [4.69, 9.17) is 0 Å². The van der Waals surface area contributed by atoms with Crippen LogP contribution in [0.3, 0.4) is 0 Å². The van der Waals surface area contributed by atoms with Crippen LogP contribution in [0.25, 0.3) is 0 Å². The Morgan fingerprint density at radius 2 is 1.75 bits per heavy atom. The van der Waals surface area contributed by atoms with E-state index in [0.29, 0.717) is 12.2 Å². The summed E-state index contributed by atoms with van der Waals surface area (Å²) in [6.07, 6.45) is 1.94. The molecule has 0 radical (unpaired) electrons. The van der Waals surface area contributed by atoms with E-state index in [1.807, 2.05) is 59.5 Å². The number of anilines is 1. The number of thioether (sulfide) groups is 1. The summed E-state index contributed by atoms with van der Waals surface area (Å²) < 4.78 is 1.00. The molecule has 2 amide bonds. The highest BCUT2D eigenvalue weighted by Crippen LogP contribution is 2.54. The van der Waals surface area contributed by atoms with E-state index < -0.39 is 10.9 Å². The largest absolute Gasteiger partial charge is 0.324 e. The van der Waals surface area contributed by atoms with E-state index in [2.05, 4.69) is 45.5 Å². The first-order chi connectivity index (χ1) is 15.6. The number of hydrogen-bond donors (Lipinski definition) is 1. The molecule has 4 nitrogen and oxygen atoms in total.